The topological polar surface area (TPSA) is 86.6 Å². The van der Waals surface area contributed by atoms with Gasteiger partial charge >= 0.3 is 0 Å². The fraction of sp³-hybridized carbons (Fsp3) is 1.00. The Kier molecular flexibility index (Phi) is 6.76. The molecule has 0 saturated heterocycles. The van der Waals surface area contributed by atoms with E-state index in [1.165, 1.54) is 0 Å². The molecule has 2 N–H and O–H groups in total. The lowest BCUT2D eigenvalue weighted by Crippen LogP contribution is -2.74. The summed E-state index contributed by atoms with van der Waals surface area (Å²) >= 11 is 3.26. The molecule has 0 aromatic rings. The molecular formula is C15H28BBrO4-2. The Labute approximate surface area is 137 Å². The molecule has 0 amide bonds. The zero-order chi connectivity index (χ0) is 16.3. The number of alkyl halides is 1. The highest BCUT2D eigenvalue weighted by Gasteiger charge is 2.69. The second-order valence-corrected chi connectivity index (χ2v) is 8.06. The van der Waals surface area contributed by atoms with Gasteiger partial charge in [-0.3, -0.25) is 0 Å². The highest BCUT2D eigenvalue weighted by molar-refractivity contribution is 9.09. The van der Waals surface area contributed by atoms with Gasteiger partial charge in [0.05, 0.1) is 11.2 Å². The molecule has 0 radical (unpaired) electrons. The van der Waals surface area contributed by atoms with E-state index in [1.807, 2.05) is 0 Å². The molecular weight excluding hydrogens is 335 g/mol. The minimum Gasteiger partial charge on any atom is -0.893 e. The third-order valence-corrected chi connectivity index (χ3v) is 6.13. The number of halogens is 1. The average molecular weight is 363 g/mol. The fourth-order valence-corrected chi connectivity index (χ4v) is 4.10. The number of hydrogen-bond acceptors (Lipinski definition) is 4. The summed E-state index contributed by atoms with van der Waals surface area (Å²) in [6.45, 7) is 5.90. The number of unbranched alkanes of at least 4 members (excludes halogenated alkanes) is 2. The molecule has 3 unspecified atom stereocenters. The number of hydrogen-bond donors (Lipinski definition) is 2. The molecule has 3 saturated carbocycles. The maximum atomic E-state index is 10.2. The minimum absolute atomic E-state index is 0.0885. The molecule has 0 aromatic heterocycles. The molecule has 3 atom stereocenters. The fourth-order valence-electron chi connectivity index (χ4n) is 3.70. The quantitative estimate of drug-likeness (QED) is 0.435. The van der Waals surface area contributed by atoms with Gasteiger partial charge in [-0.1, -0.05) is 42.6 Å². The molecule has 4 nitrogen and oxygen atoms in total. The van der Waals surface area contributed by atoms with E-state index in [-0.39, 0.29) is 11.7 Å². The van der Waals surface area contributed by atoms with E-state index in [0.717, 1.165) is 43.9 Å². The van der Waals surface area contributed by atoms with Gasteiger partial charge in [-0.15, -0.1) is 13.4 Å². The van der Waals surface area contributed by atoms with Crippen LogP contribution >= 0.6 is 15.9 Å². The lowest BCUT2D eigenvalue weighted by molar-refractivity contribution is -0.348. The van der Waals surface area contributed by atoms with Crippen LogP contribution in [0.5, 0.6) is 0 Å². The Bertz CT molecular complexity index is 326. The van der Waals surface area contributed by atoms with Crippen molar-refractivity contribution in [1.82, 2.24) is 0 Å². The predicted molar refractivity (Wildman–Crippen MR) is 84.9 cm³/mol. The smallest absolute Gasteiger partial charge is 0.0986 e. The van der Waals surface area contributed by atoms with Crippen molar-refractivity contribution < 1.29 is 20.3 Å². The molecule has 3 rings (SSSR count). The molecule has 3 aliphatic rings. The van der Waals surface area contributed by atoms with Crippen LogP contribution in [0.1, 0.15) is 59.3 Å². The number of rotatable bonds is 5. The summed E-state index contributed by atoms with van der Waals surface area (Å²) in [4.78, 5) is 0. The van der Waals surface area contributed by atoms with Gasteiger partial charge in [0.25, 0.3) is 0 Å². The largest absolute Gasteiger partial charge is 0.893 e. The first kappa shape index (κ1) is 19.4. The van der Waals surface area contributed by atoms with E-state index in [0.29, 0.717) is 5.92 Å². The van der Waals surface area contributed by atoms with E-state index in [1.54, 1.807) is 6.92 Å². The van der Waals surface area contributed by atoms with Gasteiger partial charge in [-0.2, -0.15) is 0 Å². The molecule has 3 aliphatic carbocycles. The van der Waals surface area contributed by atoms with Gasteiger partial charge in [0.1, 0.15) is 0 Å². The SMILES string of the molecule is CC1(O)CCC2CC1(O)C2(C)C.[O-]B([O-])CCCCCBr. The van der Waals surface area contributed by atoms with Crippen LogP contribution in [-0.4, -0.2) is 33.9 Å². The first-order valence-electron chi connectivity index (χ1n) is 7.91. The van der Waals surface area contributed by atoms with Crippen LogP contribution in [0.4, 0.5) is 0 Å². The van der Waals surface area contributed by atoms with Crippen LogP contribution in [-0.2, 0) is 0 Å². The Morgan fingerprint density at radius 3 is 2.14 bits per heavy atom. The third-order valence-electron chi connectivity index (χ3n) is 5.57. The van der Waals surface area contributed by atoms with Crippen LogP contribution in [0.25, 0.3) is 0 Å². The molecule has 0 spiro atoms. The molecule has 124 valence electrons. The van der Waals surface area contributed by atoms with E-state index in [2.05, 4.69) is 29.8 Å². The maximum absolute atomic E-state index is 10.2. The summed E-state index contributed by atoms with van der Waals surface area (Å²) in [5, 5.41) is 41.1. The minimum atomic E-state index is -1.61. The Balaban J connectivity index is 0.000000222. The molecule has 2 bridgehead atoms. The lowest BCUT2D eigenvalue weighted by Gasteiger charge is -2.68. The van der Waals surface area contributed by atoms with E-state index >= 15 is 0 Å². The Morgan fingerprint density at radius 2 is 1.76 bits per heavy atom. The van der Waals surface area contributed by atoms with Crippen molar-refractivity contribution in [2.45, 2.75) is 76.8 Å². The summed E-state index contributed by atoms with van der Waals surface area (Å²) in [6, 6.07) is 0. The van der Waals surface area contributed by atoms with Gasteiger partial charge in [-0.05, 0) is 43.9 Å². The second kappa shape index (κ2) is 7.30. The highest BCUT2D eigenvalue weighted by atomic mass is 79.9. The summed E-state index contributed by atoms with van der Waals surface area (Å²) in [5.74, 6) is 0.614. The van der Waals surface area contributed by atoms with Crippen LogP contribution in [0.15, 0.2) is 0 Å². The second-order valence-electron chi connectivity index (χ2n) is 7.26. The van der Waals surface area contributed by atoms with Gasteiger partial charge < -0.3 is 20.3 Å². The molecule has 0 heterocycles. The number of aliphatic hydroxyl groups is 2. The third kappa shape index (κ3) is 4.02. The average Bonchev–Trinajstić information content (AvgIpc) is 2.38. The van der Waals surface area contributed by atoms with Crippen molar-refractivity contribution in [3.05, 3.63) is 0 Å². The molecule has 0 aliphatic heterocycles. The van der Waals surface area contributed by atoms with Gasteiger partial charge in [-0.25, -0.2) is 0 Å². The van der Waals surface area contributed by atoms with Crippen LogP contribution < -0.4 is 10.0 Å². The number of fused-ring (bicyclic) bond motifs is 2. The van der Waals surface area contributed by atoms with Crippen molar-refractivity contribution in [1.29, 1.82) is 0 Å². The van der Waals surface area contributed by atoms with E-state index < -0.39 is 18.3 Å². The summed E-state index contributed by atoms with van der Waals surface area (Å²) < 4.78 is 0. The molecule has 21 heavy (non-hydrogen) atoms. The van der Waals surface area contributed by atoms with Crippen molar-refractivity contribution >= 4 is 23.0 Å². The highest BCUT2D eigenvalue weighted by Crippen LogP contribution is 2.65. The standard InChI is InChI=1S/C10H18O2.C5H10BBrO2/c1-8(2)7-4-5-9(3,11)10(8,12)6-7;7-5-3-1-2-4-6(8)9/h7,11-12H,4-6H2,1-3H3;1-5H2/q;-2. The van der Waals surface area contributed by atoms with Crippen molar-refractivity contribution in [3.8, 4) is 0 Å². The van der Waals surface area contributed by atoms with Crippen molar-refractivity contribution in [2.75, 3.05) is 5.33 Å². The lowest BCUT2D eigenvalue weighted by atomic mass is 9.41. The maximum Gasteiger partial charge on any atom is 0.0986 e. The zero-order valence-corrected chi connectivity index (χ0v) is 15.0. The van der Waals surface area contributed by atoms with E-state index in [4.69, 9.17) is 0 Å². The molecule has 3 fully saturated rings. The molecule has 0 aromatic carbocycles. The van der Waals surface area contributed by atoms with Gasteiger partial charge in [0, 0.05) is 5.33 Å². The first-order valence-corrected chi connectivity index (χ1v) is 9.03. The monoisotopic (exact) mass is 362 g/mol. The van der Waals surface area contributed by atoms with Crippen LogP contribution in [0, 0.1) is 11.3 Å². The van der Waals surface area contributed by atoms with Crippen LogP contribution in [0.2, 0.25) is 6.32 Å². The zero-order valence-electron chi connectivity index (χ0n) is 13.4. The van der Waals surface area contributed by atoms with E-state index in [9.17, 15) is 20.3 Å². The summed E-state index contributed by atoms with van der Waals surface area (Å²) in [7, 11) is -1.61. The predicted octanol–water partition coefficient (Wildman–Crippen LogP) is 1.07. The Morgan fingerprint density at radius 1 is 1.14 bits per heavy atom. The van der Waals surface area contributed by atoms with Gasteiger partial charge in [0.2, 0.25) is 0 Å². The normalized spacial score (nSPS) is 36.3. The van der Waals surface area contributed by atoms with Crippen LogP contribution in [0.3, 0.4) is 0 Å². The van der Waals surface area contributed by atoms with Crippen molar-refractivity contribution in [2.24, 2.45) is 11.3 Å². The first-order chi connectivity index (χ1) is 9.58. The van der Waals surface area contributed by atoms with Gasteiger partial charge in [0.15, 0.2) is 0 Å². The Hall–Kier alpha value is 0.385. The van der Waals surface area contributed by atoms with Crippen molar-refractivity contribution in [3.63, 3.8) is 0 Å². The summed E-state index contributed by atoms with van der Waals surface area (Å²) in [6.07, 6.45) is 5.71. The summed E-state index contributed by atoms with van der Waals surface area (Å²) in [5.41, 5.74) is -1.79. The molecule has 6 heteroatoms.